The number of methoxy groups -OCH3 is 1. The number of likely N-dealkylation sites (tertiary alicyclic amines) is 1. The van der Waals surface area contributed by atoms with Crippen molar-refractivity contribution in [3.63, 3.8) is 0 Å². The topological polar surface area (TPSA) is 230 Å². The molecule has 0 spiro atoms. The first kappa shape index (κ1) is 60.3. The number of aromatic nitrogens is 6. The van der Waals surface area contributed by atoms with Crippen LogP contribution in [0.4, 0.5) is 13.2 Å². The lowest BCUT2D eigenvalue weighted by Crippen LogP contribution is -2.48. The summed E-state index contributed by atoms with van der Waals surface area (Å²) in [6, 6.07) is 37.1. The molecule has 2 aliphatic rings. The van der Waals surface area contributed by atoms with E-state index in [1.54, 1.807) is 124 Å². The van der Waals surface area contributed by atoms with Crippen LogP contribution >= 0.6 is 11.6 Å². The largest absolute Gasteiger partial charge is 0.489 e. The summed E-state index contributed by atoms with van der Waals surface area (Å²) in [7, 11) is 1.17. The number of carboxylic acids is 1. The number of amides is 1. The number of halogens is 4. The summed E-state index contributed by atoms with van der Waals surface area (Å²) in [5.41, 5.74) is 5.83. The first-order valence-electron chi connectivity index (χ1n) is 27.7. The summed E-state index contributed by atoms with van der Waals surface area (Å²) in [6.45, 7) is 3.49. The molecule has 3 N–H and O–H groups in total. The molecule has 444 valence electrons. The van der Waals surface area contributed by atoms with Crippen LogP contribution in [0.25, 0.3) is 32.7 Å². The van der Waals surface area contributed by atoms with E-state index in [1.807, 2.05) is 0 Å². The molecule has 0 bridgehead atoms. The smallest absolute Gasteiger partial charge is 0.379 e. The Morgan fingerprint density at radius 3 is 1.41 bits per heavy atom. The van der Waals surface area contributed by atoms with Crippen LogP contribution in [0.5, 0.6) is 5.75 Å². The van der Waals surface area contributed by atoms with Crippen molar-refractivity contribution in [3.8, 4) is 5.75 Å². The molecule has 18 nitrogen and oxygen atoms in total. The number of aliphatic carboxylic acids is 1. The molecule has 0 unspecified atom stereocenters. The van der Waals surface area contributed by atoms with Crippen molar-refractivity contribution in [1.82, 2.24) is 39.6 Å². The van der Waals surface area contributed by atoms with Gasteiger partial charge in [-0.2, -0.15) is 15.3 Å². The average molecular weight is 1200 g/mol. The number of nitrogens with zero attached hydrogens (tertiary/aromatic N) is 7. The second kappa shape index (κ2) is 27.0. The number of aliphatic hydroxyl groups is 1. The highest BCUT2D eigenvalue weighted by molar-refractivity contribution is 6.43. The summed E-state index contributed by atoms with van der Waals surface area (Å²) in [6.07, 6.45) is 8.48. The summed E-state index contributed by atoms with van der Waals surface area (Å²) < 4.78 is 54.4. The zero-order chi connectivity index (χ0) is 61.3. The fourth-order valence-corrected chi connectivity index (χ4v) is 10.0. The van der Waals surface area contributed by atoms with Gasteiger partial charge in [0.15, 0.2) is 0 Å². The van der Waals surface area contributed by atoms with Crippen molar-refractivity contribution in [2.75, 3.05) is 26.7 Å². The van der Waals surface area contributed by atoms with Gasteiger partial charge >= 0.3 is 11.9 Å². The van der Waals surface area contributed by atoms with Crippen LogP contribution in [0.1, 0.15) is 85.1 Å². The van der Waals surface area contributed by atoms with Gasteiger partial charge in [-0.3, -0.25) is 33.2 Å². The predicted octanol–water partition coefficient (Wildman–Crippen LogP) is 9.99. The van der Waals surface area contributed by atoms with Crippen molar-refractivity contribution < 1.29 is 61.6 Å². The van der Waals surface area contributed by atoms with Crippen molar-refractivity contribution in [2.45, 2.75) is 63.6 Å². The maximum absolute atomic E-state index is 13.2. The second-order valence-corrected chi connectivity index (χ2v) is 21.4. The zero-order valence-corrected chi connectivity index (χ0v) is 47.5. The predicted molar refractivity (Wildman–Crippen MR) is 316 cm³/mol. The van der Waals surface area contributed by atoms with Gasteiger partial charge in [-0.15, -0.1) is 0 Å². The number of ketones is 3. The minimum absolute atomic E-state index is 0.112. The monoisotopic (exact) mass is 1200 g/mol. The van der Waals surface area contributed by atoms with E-state index in [-0.39, 0.29) is 40.2 Å². The molecular formula is C65H56ClF3N8O10. The lowest BCUT2D eigenvalue weighted by atomic mass is 10.0. The van der Waals surface area contributed by atoms with Gasteiger partial charge in [-0.25, -0.2) is 22.8 Å². The van der Waals surface area contributed by atoms with Crippen LogP contribution in [0.3, 0.4) is 0 Å². The number of hydrogen-bond acceptors (Lipinski definition) is 13. The quantitative estimate of drug-likeness (QED) is 0.0389. The molecule has 1 amide bonds. The summed E-state index contributed by atoms with van der Waals surface area (Å²) in [4.78, 5) is 73.9. The van der Waals surface area contributed by atoms with Gasteiger partial charge in [-0.05, 0) is 164 Å². The standard InChI is InChI=1S/C32H32ClFN4O4.C17H13FN2O3.C16H11FN2O3/c33-26-16-22(6-12-29(26)42-25-9-10-25)30(39)28(19-37-13-1-2-14-37)35-32(41)31(40)21-5-11-27-23(15-21)18-38(36-27)17-20-3-7-24(34)8-4-20;1-23-17(22)16(21)12-4-7-15-13(8-12)10-20(19-15)9-11-2-5-14(18)6-3-11;17-13-4-1-10(2-5-13)8-19-9-12-7-11(15(20)16(21)22)3-6-14(12)18-19/h3-8,11-12,15-16,18,25,28,30,39H,1-2,9-10,13-14,17,19H2,(H,35,41);2-8,10H,9H2,1H3;1-7,9H,8H2,(H,21,22)/t28-,30-;;/m1../s1. The van der Waals surface area contributed by atoms with Crippen LogP contribution in [-0.2, 0) is 38.8 Å². The Hall–Kier alpha value is -9.83. The Bertz CT molecular complexity index is 4180. The van der Waals surface area contributed by atoms with E-state index in [0.29, 0.717) is 69.8 Å². The normalized spacial score (nSPS) is 13.7. The number of Topliss-reactive ketones (excluding diaryl/α,β-unsaturated/α-hetero) is 3. The molecule has 4 heterocycles. The van der Waals surface area contributed by atoms with Gasteiger partial charge < -0.3 is 29.9 Å². The summed E-state index contributed by atoms with van der Waals surface area (Å²) >= 11 is 6.45. The third-order valence-corrected chi connectivity index (χ3v) is 14.7. The molecule has 2 fully saturated rings. The van der Waals surface area contributed by atoms with E-state index in [9.17, 15) is 47.0 Å². The molecule has 10 aromatic rings. The van der Waals surface area contributed by atoms with E-state index in [4.69, 9.17) is 21.4 Å². The first-order valence-corrected chi connectivity index (χ1v) is 28.1. The number of rotatable bonds is 19. The van der Waals surface area contributed by atoms with E-state index < -0.39 is 47.3 Å². The van der Waals surface area contributed by atoms with Gasteiger partial charge in [0, 0.05) is 58.0 Å². The highest BCUT2D eigenvalue weighted by Crippen LogP contribution is 2.34. The number of carboxylic acid groups (broad SMARTS) is 1. The first-order chi connectivity index (χ1) is 41.9. The van der Waals surface area contributed by atoms with Gasteiger partial charge in [0.1, 0.15) is 29.3 Å². The number of benzene rings is 7. The molecule has 0 radical (unpaired) electrons. The Balaban J connectivity index is 0.000000157. The Morgan fingerprint density at radius 1 is 0.586 bits per heavy atom. The molecule has 1 saturated heterocycles. The van der Waals surface area contributed by atoms with E-state index >= 15 is 0 Å². The van der Waals surface area contributed by atoms with Crippen LogP contribution in [0.2, 0.25) is 5.02 Å². The van der Waals surface area contributed by atoms with Gasteiger partial charge in [0.25, 0.3) is 17.5 Å². The van der Waals surface area contributed by atoms with Crippen molar-refractivity contribution in [2.24, 2.45) is 0 Å². The number of nitrogens with one attached hydrogen (secondary N) is 1. The number of aliphatic hydroxyl groups excluding tert-OH is 1. The third-order valence-electron chi connectivity index (χ3n) is 14.5. The van der Waals surface area contributed by atoms with Crippen molar-refractivity contribution in [1.29, 1.82) is 0 Å². The van der Waals surface area contributed by atoms with Crippen molar-refractivity contribution >= 4 is 79.5 Å². The lowest BCUT2D eigenvalue weighted by Gasteiger charge is -2.28. The fraction of sp³-hybridized carbons (Fsp3) is 0.215. The number of hydrogen-bond donors (Lipinski definition) is 3. The van der Waals surface area contributed by atoms with Crippen LogP contribution in [-0.4, -0.2) is 119 Å². The van der Waals surface area contributed by atoms with E-state index in [0.717, 1.165) is 60.8 Å². The van der Waals surface area contributed by atoms with Crippen LogP contribution < -0.4 is 10.1 Å². The molecule has 2 atom stereocenters. The highest BCUT2D eigenvalue weighted by atomic mass is 35.5. The molecule has 22 heteroatoms. The zero-order valence-electron chi connectivity index (χ0n) is 46.7. The van der Waals surface area contributed by atoms with E-state index in [1.165, 1.54) is 61.7 Å². The molecule has 87 heavy (non-hydrogen) atoms. The van der Waals surface area contributed by atoms with Crippen molar-refractivity contribution in [3.05, 3.63) is 226 Å². The molecule has 12 rings (SSSR count). The minimum Gasteiger partial charge on any atom is -0.489 e. The van der Waals surface area contributed by atoms with Crippen LogP contribution in [0, 0.1) is 17.5 Å². The number of carbonyl (C=O) groups is 6. The molecular weight excluding hydrogens is 1150 g/mol. The molecule has 7 aromatic carbocycles. The maximum atomic E-state index is 13.2. The average Bonchev–Trinajstić information content (AvgIpc) is 4.13. The SMILES string of the molecule is COC(=O)C(=O)c1ccc2nn(Cc3ccc(F)cc3)cc2c1.O=C(N[C@H](CN1CCCC1)[C@H](O)c1ccc(OC2CC2)c(Cl)c1)C(=O)c1ccc2nn(Cc3ccc(F)cc3)cc2c1.O=C(O)C(=O)c1ccc2nn(Cc3ccc(F)cc3)cc2c1. The summed E-state index contributed by atoms with van der Waals surface area (Å²) in [5.74, 6) is -5.85. The Morgan fingerprint density at radius 2 is 1.01 bits per heavy atom. The fourth-order valence-electron chi connectivity index (χ4n) is 9.79. The number of esters is 1. The molecule has 1 aliphatic carbocycles. The molecule has 1 saturated carbocycles. The van der Waals surface area contributed by atoms with E-state index in [2.05, 4.69) is 30.2 Å². The Kier molecular flexibility index (Phi) is 18.7. The second-order valence-electron chi connectivity index (χ2n) is 21.0. The van der Waals surface area contributed by atoms with Gasteiger partial charge in [0.05, 0.1) is 60.5 Å². The summed E-state index contributed by atoms with van der Waals surface area (Å²) in [5, 5.41) is 38.6. The third kappa shape index (κ3) is 15.5. The van der Waals surface area contributed by atoms with Gasteiger partial charge in [0.2, 0.25) is 5.78 Å². The lowest BCUT2D eigenvalue weighted by molar-refractivity contribution is -0.135. The minimum atomic E-state index is -1.49. The molecule has 1 aliphatic heterocycles. The number of carbonyl (C=O) groups excluding carboxylic acids is 5. The molecule has 3 aromatic heterocycles. The Labute approximate surface area is 500 Å². The highest BCUT2D eigenvalue weighted by Gasteiger charge is 2.31. The maximum Gasteiger partial charge on any atom is 0.379 e. The number of fused-ring (bicyclic) bond motifs is 3. The number of ether oxygens (including phenoxy) is 2. The van der Waals surface area contributed by atoms with Gasteiger partial charge in [-0.1, -0.05) is 54.1 Å². The van der Waals surface area contributed by atoms with Crippen LogP contribution in [0.15, 0.2) is 164 Å².